The molecule has 0 saturated heterocycles. The standard InChI is InChI=1S/C15H25N3O.HI/c1-6-19-13-10-8-7-9-12(13)11-17-14(16-5)18-15(2,3)4;/h7-10H,6,11H2,1-5H3,(H2,16,17,18);1H. The van der Waals surface area contributed by atoms with Crippen LogP contribution in [0, 0.1) is 0 Å². The highest BCUT2D eigenvalue weighted by molar-refractivity contribution is 14.0. The van der Waals surface area contributed by atoms with Gasteiger partial charge >= 0.3 is 0 Å². The molecule has 0 bridgehead atoms. The van der Waals surface area contributed by atoms with Gasteiger partial charge in [-0.05, 0) is 33.8 Å². The molecule has 0 aliphatic carbocycles. The van der Waals surface area contributed by atoms with E-state index >= 15 is 0 Å². The molecular weight excluding hydrogens is 365 g/mol. The zero-order chi connectivity index (χ0) is 14.3. The first-order valence-electron chi connectivity index (χ1n) is 6.66. The summed E-state index contributed by atoms with van der Waals surface area (Å²) < 4.78 is 5.60. The molecule has 0 unspecified atom stereocenters. The lowest BCUT2D eigenvalue weighted by atomic mass is 10.1. The third kappa shape index (κ3) is 6.98. The highest BCUT2D eigenvalue weighted by atomic mass is 127. The Morgan fingerprint density at radius 1 is 1.25 bits per heavy atom. The van der Waals surface area contributed by atoms with E-state index in [1.807, 2.05) is 25.1 Å². The van der Waals surface area contributed by atoms with Gasteiger partial charge in [0, 0.05) is 24.7 Å². The van der Waals surface area contributed by atoms with E-state index in [2.05, 4.69) is 42.5 Å². The predicted molar refractivity (Wildman–Crippen MR) is 96.1 cm³/mol. The van der Waals surface area contributed by atoms with E-state index in [9.17, 15) is 0 Å². The van der Waals surface area contributed by atoms with Crippen LogP contribution >= 0.6 is 24.0 Å². The average molecular weight is 391 g/mol. The van der Waals surface area contributed by atoms with Gasteiger partial charge in [-0.3, -0.25) is 4.99 Å². The van der Waals surface area contributed by atoms with Gasteiger partial charge in [0.05, 0.1) is 6.61 Å². The molecule has 0 spiro atoms. The summed E-state index contributed by atoms with van der Waals surface area (Å²) in [7, 11) is 1.77. The third-order valence-corrected chi connectivity index (χ3v) is 2.44. The quantitative estimate of drug-likeness (QED) is 0.471. The molecule has 1 rings (SSSR count). The van der Waals surface area contributed by atoms with E-state index in [4.69, 9.17) is 4.74 Å². The van der Waals surface area contributed by atoms with E-state index in [-0.39, 0.29) is 29.5 Å². The first-order chi connectivity index (χ1) is 8.96. The number of para-hydroxylation sites is 1. The van der Waals surface area contributed by atoms with E-state index < -0.39 is 0 Å². The molecule has 0 amide bonds. The van der Waals surface area contributed by atoms with Gasteiger partial charge in [-0.2, -0.15) is 0 Å². The summed E-state index contributed by atoms with van der Waals surface area (Å²) in [5.74, 6) is 1.71. The molecule has 0 atom stereocenters. The number of halogens is 1. The van der Waals surface area contributed by atoms with Gasteiger partial charge in [0.1, 0.15) is 5.75 Å². The normalized spacial score (nSPS) is 11.6. The lowest BCUT2D eigenvalue weighted by Gasteiger charge is -2.24. The highest BCUT2D eigenvalue weighted by Gasteiger charge is 2.12. The van der Waals surface area contributed by atoms with Gasteiger partial charge in [-0.25, -0.2) is 0 Å². The lowest BCUT2D eigenvalue weighted by Crippen LogP contribution is -2.47. The number of hydrogen-bond donors (Lipinski definition) is 2. The van der Waals surface area contributed by atoms with Crippen molar-refractivity contribution in [2.24, 2.45) is 4.99 Å². The number of guanidine groups is 1. The first-order valence-corrected chi connectivity index (χ1v) is 6.66. The van der Waals surface area contributed by atoms with Crippen molar-refractivity contribution >= 4 is 29.9 Å². The minimum atomic E-state index is -0.0126. The third-order valence-electron chi connectivity index (χ3n) is 2.44. The van der Waals surface area contributed by atoms with Crippen LogP contribution in [0.2, 0.25) is 0 Å². The summed E-state index contributed by atoms with van der Waals surface area (Å²) in [4.78, 5) is 4.22. The van der Waals surface area contributed by atoms with E-state index in [0.717, 1.165) is 17.3 Å². The minimum Gasteiger partial charge on any atom is -0.494 e. The van der Waals surface area contributed by atoms with Crippen LogP contribution in [0.1, 0.15) is 33.3 Å². The SMILES string of the molecule is CCOc1ccccc1CNC(=NC)NC(C)(C)C.I. The van der Waals surface area contributed by atoms with Gasteiger partial charge in [0.2, 0.25) is 0 Å². The Morgan fingerprint density at radius 3 is 2.45 bits per heavy atom. The van der Waals surface area contributed by atoms with Crippen LogP contribution in [-0.4, -0.2) is 25.2 Å². The fourth-order valence-electron chi connectivity index (χ4n) is 1.66. The van der Waals surface area contributed by atoms with Crippen molar-refractivity contribution in [3.05, 3.63) is 29.8 Å². The van der Waals surface area contributed by atoms with Gasteiger partial charge in [-0.15, -0.1) is 24.0 Å². The van der Waals surface area contributed by atoms with Crippen LogP contribution in [0.5, 0.6) is 5.75 Å². The van der Waals surface area contributed by atoms with Gasteiger partial charge in [0.15, 0.2) is 5.96 Å². The van der Waals surface area contributed by atoms with Crippen molar-refractivity contribution in [1.82, 2.24) is 10.6 Å². The Kier molecular flexibility index (Phi) is 8.60. The van der Waals surface area contributed by atoms with Crippen LogP contribution in [0.4, 0.5) is 0 Å². The molecule has 1 aromatic carbocycles. The van der Waals surface area contributed by atoms with Gasteiger partial charge < -0.3 is 15.4 Å². The average Bonchev–Trinajstić information content (AvgIpc) is 2.35. The second-order valence-electron chi connectivity index (χ2n) is 5.34. The molecule has 4 nitrogen and oxygen atoms in total. The molecule has 5 heteroatoms. The maximum absolute atomic E-state index is 5.60. The number of rotatable bonds is 4. The fraction of sp³-hybridized carbons (Fsp3) is 0.533. The van der Waals surface area contributed by atoms with Crippen LogP contribution in [0.25, 0.3) is 0 Å². The number of nitrogens with zero attached hydrogens (tertiary/aromatic N) is 1. The molecule has 0 radical (unpaired) electrons. The monoisotopic (exact) mass is 391 g/mol. The summed E-state index contributed by atoms with van der Waals surface area (Å²) in [5, 5.41) is 6.63. The molecule has 20 heavy (non-hydrogen) atoms. The minimum absolute atomic E-state index is 0. The number of nitrogens with one attached hydrogen (secondary N) is 2. The van der Waals surface area contributed by atoms with Crippen molar-refractivity contribution in [2.75, 3.05) is 13.7 Å². The number of hydrogen-bond acceptors (Lipinski definition) is 2. The Balaban J connectivity index is 0.00000361. The Morgan fingerprint density at radius 2 is 1.90 bits per heavy atom. The Bertz CT molecular complexity index is 427. The van der Waals surface area contributed by atoms with Gasteiger partial charge in [-0.1, -0.05) is 18.2 Å². The topological polar surface area (TPSA) is 45.6 Å². The zero-order valence-corrected chi connectivity index (χ0v) is 15.3. The van der Waals surface area contributed by atoms with Crippen molar-refractivity contribution in [3.63, 3.8) is 0 Å². The van der Waals surface area contributed by atoms with Crippen molar-refractivity contribution in [2.45, 2.75) is 39.8 Å². The molecule has 0 aliphatic heterocycles. The predicted octanol–water partition coefficient (Wildman–Crippen LogP) is 3.17. The van der Waals surface area contributed by atoms with Crippen molar-refractivity contribution in [1.29, 1.82) is 0 Å². The molecule has 0 heterocycles. The largest absolute Gasteiger partial charge is 0.494 e. The van der Waals surface area contributed by atoms with Crippen LogP contribution < -0.4 is 15.4 Å². The van der Waals surface area contributed by atoms with Crippen LogP contribution in [0.3, 0.4) is 0 Å². The molecule has 114 valence electrons. The van der Waals surface area contributed by atoms with Crippen molar-refractivity contribution in [3.8, 4) is 5.75 Å². The molecule has 0 fully saturated rings. The molecule has 2 N–H and O–H groups in total. The Labute approximate surface area is 139 Å². The highest BCUT2D eigenvalue weighted by Crippen LogP contribution is 2.17. The maximum Gasteiger partial charge on any atom is 0.191 e. The summed E-state index contributed by atoms with van der Waals surface area (Å²) in [5.41, 5.74) is 1.11. The van der Waals surface area contributed by atoms with E-state index in [0.29, 0.717) is 13.2 Å². The van der Waals surface area contributed by atoms with Crippen molar-refractivity contribution < 1.29 is 4.74 Å². The first kappa shape index (κ1) is 19.0. The molecule has 1 aromatic rings. The summed E-state index contributed by atoms with van der Waals surface area (Å²) >= 11 is 0. The fourth-order valence-corrected chi connectivity index (χ4v) is 1.66. The number of ether oxygens (including phenoxy) is 1. The summed E-state index contributed by atoms with van der Waals surface area (Å²) in [6.45, 7) is 9.66. The molecule has 0 aliphatic rings. The van der Waals surface area contributed by atoms with E-state index in [1.54, 1.807) is 7.05 Å². The second-order valence-corrected chi connectivity index (χ2v) is 5.34. The Hall–Kier alpha value is -0.980. The number of aliphatic imine (C=N–C) groups is 1. The zero-order valence-electron chi connectivity index (χ0n) is 13.0. The smallest absolute Gasteiger partial charge is 0.191 e. The second kappa shape index (κ2) is 9.05. The maximum atomic E-state index is 5.60. The molecule has 0 aromatic heterocycles. The van der Waals surface area contributed by atoms with E-state index in [1.165, 1.54) is 0 Å². The van der Waals surface area contributed by atoms with Gasteiger partial charge in [0.25, 0.3) is 0 Å². The lowest BCUT2D eigenvalue weighted by molar-refractivity contribution is 0.336. The molecular formula is C15H26IN3O. The summed E-state index contributed by atoms with van der Waals surface area (Å²) in [6.07, 6.45) is 0. The van der Waals surface area contributed by atoms with Crippen LogP contribution in [0.15, 0.2) is 29.3 Å². The van der Waals surface area contributed by atoms with Crippen LogP contribution in [-0.2, 0) is 6.54 Å². The summed E-state index contributed by atoms with van der Waals surface area (Å²) in [6, 6.07) is 8.04. The number of benzene rings is 1. The molecule has 0 saturated carbocycles.